The van der Waals surface area contributed by atoms with Gasteiger partial charge in [0.05, 0.1) is 15.7 Å². The molecule has 2 atom stereocenters. The zero-order valence-corrected chi connectivity index (χ0v) is 14.5. The molecule has 2 rings (SSSR count). The number of benzene rings is 1. The van der Waals surface area contributed by atoms with E-state index in [-0.39, 0.29) is 10.5 Å². The molecule has 1 N–H and O–H groups in total. The van der Waals surface area contributed by atoms with Gasteiger partial charge in [-0.3, -0.25) is 0 Å². The van der Waals surface area contributed by atoms with E-state index >= 15 is 0 Å². The maximum Gasteiger partial charge on any atom is 0.335 e. The molecule has 2 unspecified atom stereocenters. The van der Waals surface area contributed by atoms with Gasteiger partial charge in [0.2, 0.25) is 0 Å². The molecule has 0 radical (unpaired) electrons. The standard InChI is InChI=1S/C15H19BrO4S/c1-9-4-3-5-12(6-9)21(19,20)14-8-11(15(17)18)7-13(16)10(14)2/h7-9,12H,3-6H2,1-2H3,(H,17,18). The van der Waals surface area contributed by atoms with Crippen molar-refractivity contribution in [3.05, 3.63) is 27.7 Å². The molecule has 1 aromatic rings. The Labute approximate surface area is 133 Å². The predicted molar refractivity (Wildman–Crippen MR) is 84.4 cm³/mol. The van der Waals surface area contributed by atoms with Crippen molar-refractivity contribution in [2.24, 2.45) is 5.92 Å². The fraction of sp³-hybridized carbons (Fsp3) is 0.533. The van der Waals surface area contributed by atoms with Crippen LogP contribution in [-0.4, -0.2) is 24.7 Å². The Hall–Kier alpha value is -0.880. The minimum Gasteiger partial charge on any atom is -0.478 e. The van der Waals surface area contributed by atoms with E-state index in [1.165, 1.54) is 12.1 Å². The lowest BCUT2D eigenvalue weighted by molar-refractivity contribution is 0.0696. The lowest BCUT2D eigenvalue weighted by Gasteiger charge is -2.27. The van der Waals surface area contributed by atoms with E-state index in [2.05, 4.69) is 22.9 Å². The second kappa shape index (κ2) is 6.08. The Morgan fingerprint density at radius 2 is 2.00 bits per heavy atom. The smallest absolute Gasteiger partial charge is 0.335 e. The van der Waals surface area contributed by atoms with Gasteiger partial charge in [-0.15, -0.1) is 0 Å². The van der Waals surface area contributed by atoms with Crippen LogP contribution in [0.25, 0.3) is 0 Å². The molecular weight excluding hydrogens is 356 g/mol. The summed E-state index contributed by atoms with van der Waals surface area (Å²) >= 11 is 3.27. The molecule has 0 saturated heterocycles. The molecule has 0 spiro atoms. The van der Waals surface area contributed by atoms with Crippen LogP contribution in [0, 0.1) is 12.8 Å². The molecule has 6 heteroatoms. The minimum absolute atomic E-state index is 0.00471. The molecule has 116 valence electrons. The Kier molecular flexibility index (Phi) is 4.78. The third-order valence-electron chi connectivity index (χ3n) is 4.18. The molecule has 0 heterocycles. The van der Waals surface area contributed by atoms with E-state index in [0.717, 1.165) is 12.8 Å². The van der Waals surface area contributed by atoms with E-state index in [4.69, 9.17) is 5.11 Å². The quantitative estimate of drug-likeness (QED) is 0.872. The summed E-state index contributed by atoms with van der Waals surface area (Å²) in [5.41, 5.74) is 0.577. The van der Waals surface area contributed by atoms with E-state index in [0.29, 0.717) is 28.8 Å². The van der Waals surface area contributed by atoms with Crippen LogP contribution in [0.15, 0.2) is 21.5 Å². The molecule has 0 amide bonds. The van der Waals surface area contributed by atoms with Gasteiger partial charge in [0.15, 0.2) is 9.84 Å². The molecule has 0 aliphatic heterocycles. The zero-order chi connectivity index (χ0) is 15.8. The van der Waals surface area contributed by atoms with Crippen molar-refractivity contribution in [1.82, 2.24) is 0 Å². The average Bonchev–Trinajstić information content (AvgIpc) is 2.41. The van der Waals surface area contributed by atoms with Gasteiger partial charge < -0.3 is 5.11 Å². The monoisotopic (exact) mass is 374 g/mol. The number of rotatable bonds is 3. The fourth-order valence-electron chi connectivity index (χ4n) is 2.91. The van der Waals surface area contributed by atoms with Gasteiger partial charge in [-0.2, -0.15) is 0 Å². The number of hydrogen-bond donors (Lipinski definition) is 1. The average molecular weight is 375 g/mol. The van der Waals surface area contributed by atoms with Crippen molar-refractivity contribution in [1.29, 1.82) is 0 Å². The number of hydrogen-bond acceptors (Lipinski definition) is 3. The van der Waals surface area contributed by atoms with Crippen LogP contribution in [0.4, 0.5) is 0 Å². The van der Waals surface area contributed by atoms with Crippen LogP contribution >= 0.6 is 15.9 Å². The van der Waals surface area contributed by atoms with E-state index in [1.54, 1.807) is 6.92 Å². The van der Waals surface area contributed by atoms with Crippen molar-refractivity contribution in [2.45, 2.75) is 49.7 Å². The molecule has 0 bridgehead atoms. The first-order valence-electron chi connectivity index (χ1n) is 7.00. The Morgan fingerprint density at radius 3 is 2.57 bits per heavy atom. The van der Waals surface area contributed by atoms with Crippen LogP contribution in [0.5, 0.6) is 0 Å². The van der Waals surface area contributed by atoms with Crippen LogP contribution in [0.2, 0.25) is 0 Å². The van der Waals surface area contributed by atoms with Crippen molar-refractivity contribution >= 4 is 31.7 Å². The Balaban J connectivity index is 2.51. The van der Waals surface area contributed by atoms with Crippen LogP contribution in [0.1, 0.15) is 48.5 Å². The number of carboxylic acids is 1. The summed E-state index contributed by atoms with van der Waals surface area (Å²) in [5.74, 6) is -0.728. The molecule has 1 aliphatic rings. The van der Waals surface area contributed by atoms with Gasteiger partial charge in [-0.1, -0.05) is 35.7 Å². The van der Waals surface area contributed by atoms with Crippen molar-refractivity contribution in [3.63, 3.8) is 0 Å². The first kappa shape index (κ1) is 16.5. The highest BCUT2D eigenvalue weighted by Gasteiger charge is 2.33. The topological polar surface area (TPSA) is 71.4 Å². The normalized spacial score (nSPS) is 23.0. The van der Waals surface area contributed by atoms with E-state index in [9.17, 15) is 13.2 Å². The Morgan fingerprint density at radius 1 is 1.33 bits per heavy atom. The molecular formula is C15H19BrO4S. The number of aromatic carboxylic acids is 1. The molecule has 4 nitrogen and oxygen atoms in total. The molecule has 1 fully saturated rings. The van der Waals surface area contributed by atoms with Gasteiger partial charge in [-0.05, 0) is 43.4 Å². The SMILES string of the molecule is Cc1c(Br)cc(C(=O)O)cc1S(=O)(=O)C1CCCC(C)C1. The molecule has 1 saturated carbocycles. The third-order valence-corrected chi connectivity index (χ3v) is 7.34. The lowest BCUT2D eigenvalue weighted by Crippen LogP contribution is -2.28. The molecule has 1 aromatic carbocycles. The molecule has 21 heavy (non-hydrogen) atoms. The van der Waals surface area contributed by atoms with E-state index in [1.807, 2.05) is 0 Å². The summed E-state index contributed by atoms with van der Waals surface area (Å²) in [6.07, 6.45) is 3.27. The Bertz CT molecular complexity index is 666. The van der Waals surface area contributed by atoms with Gasteiger partial charge in [0.1, 0.15) is 0 Å². The van der Waals surface area contributed by atoms with Gasteiger partial charge in [-0.25, -0.2) is 13.2 Å². The lowest BCUT2D eigenvalue weighted by atomic mass is 9.91. The van der Waals surface area contributed by atoms with Crippen LogP contribution in [-0.2, 0) is 9.84 Å². The minimum atomic E-state index is -3.50. The van der Waals surface area contributed by atoms with Crippen molar-refractivity contribution in [2.75, 3.05) is 0 Å². The molecule has 1 aliphatic carbocycles. The second-order valence-corrected chi connectivity index (χ2v) is 8.88. The summed E-state index contributed by atoms with van der Waals surface area (Å²) in [5, 5.41) is 8.72. The van der Waals surface area contributed by atoms with Gasteiger partial charge in [0, 0.05) is 4.47 Å². The van der Waals surface area contributed by atoms with Gasteiger partial charge >= 0.3 is 5.97 Å². The van der Waals surface area contributed by atoms with Crippen LogP contribution < -0.4 is 0 Å². The predicted octanol–water partition coefficient (Wildman–Crippen LogP) is 3.81. The van der Waals surface area contributed by atoms with E-state index < -0.39 is 21.1 Å². The van der Waals surface area contributed by atoms with Crippen molar-refractivity contribution in [3.8, 4) is 0 Å². The number of carbonyl (C=O) groups is 1. The number of halogens is 1. The first-order chi connectivity index (χ1) is 9.73. The fourth-order valence-corrected chi connectivity index (χ4v) is 5.75. The van der Waals surface area contributed by atoms with Gasteiger partial charge in [0.25, 0.3) is 0 Å². The summed E-state index contributed by atoms with van der Waals surface area (Å²) in [6, 6.07) is 2.73. The van der Waals surface area contributed by atoms with Crippen molar-refractivity contribution < 1.29 is 18.3 Å². The zero-order valence-electron chi connectivity index (χ0n) is 12.1. The highest BCUT2D eigenvalue weighted by Crippen LogP contribution is 2.35. The highest BCUT2D eigenvalue weighted by atomic mass is 79.9. The summed E-state index contributed by atoms with van der Waals surface area (Å²) in [4.78, 5) is 11.3. The highest BCUT2D eigenvalue weighted by molar-refractivity contribution is 9.10. The molecule has 0 aromatic heterocycles. The number of carboxylic acid groups (broad SMARTS) is 1. The summed E-state index contributed by atoms with van der Waals surface area (Å²) < 4.78 is 26.3. The first-order valence-corrected chi connectivity index (χ1v) is 9.34. The third kappa shape index (κ3) is 3.31. The largest absolute Gasteiger partial charge is 0.478 e. The van der Waals surface area contributed by atoms with Crippen LogP contribution in [0.3, 0.4) is 0 Å². The maximum atomic E-state index is 12.9. The number of sulfone groups is 1. The second-order valence-electron chi connectivity index (χ2n) is 5.83. The summed E-state index contributed by atoms with van der Waals surface area (Å²) in [6.45, 7) is 3.77. The maximum absolute atomic E-state index is 12.9. The summed E-state index contributed by atoms with van der Waals surface area (Å²) in [7, 11) is -3.50.